The van der Waals surface area contributed by atoms with Gasteiger partial charge in [0.25, 0.3) is 6.43 Å². The Morgan fingerprint density at radius 3 is 2.64 bits per heavy atom. The van der Waals surface area contributed by atoms with E-state index in [9.17, 15) is 8.78 Å². The molecule has 0 N–H and O–H groups in total. The maximum atomic E-state index is 12.4. The molecule has 0 bridgehead atoms. The zero-order chi connectivity index (χ0) is 10.1. The molecule has 0 aliphatic heterocycles. The van der Waals surface area contributed by atoms with Crippen molar-refractivity contribution >= 4 is 10.9 Å². The SMILES string of the molecule is Cc1cc(C(F)F)nc2ccccc12. The highest BCUT2D eigenvalue weighted by Crippen LogP contribution is 2.23. The molecule has 0 atom stereocenters. The first-order valence-corrected chi connectivity index (χ1v) is 4.33. The van der Waals surface area contributed by atoms with Gasteiger partial charge in [-0.25, -0.2) is 13.8 Å². The highest BCUT2D eigenvalue weighted by atomic mass is 19.3. The predicted octanol–water partition coefficient (Wildman–Crippen LogP) is 3.48. The Morgan fingerprint density at radius 1 is 1.21 bits per heavy atom. The first-order valence-electron chi connectivity index (χ1n) is 4.33. The van der Waals surface area contributed by atoms with Gasteiger partial charge in [-0.15, -0.1) is 0 Å². The number of alkyl halides is 2. The summed E-state index contributed by atoms with van der Waals surface area (Å²) in [5.74, 6) is 0. The van der Waals surface area contributed by atoms with Crippen LogP contribution in [-0.4, -0.2) is 4.98 Å². The summed E-state index contributed by atoms with van der Waals surface area (Å²) in [5.41, 5.74) is 1.31. The van der Waals surface area contributed by atoms with Crippen LogP contribution in [-0.2, 0) is 0 Å². The zero-order valence-electron chi connectivity index (χ0n) is 7.67. The van der Waals surface area contributed by atoms with Crippen LogP contribution >= 0.6 is 0 Å². The number of para-hydroxylation sites is 1. The summed E-state index contributed by atoms with van der Waals surface area (Å²) in [5, 5.41) is 0.928. The number of hydrogen-bond donors (Lipinski definition) is 0. The van der Waals surface area contributed by atoms with Gasteiger partial charge in [0.15, 0.2) is 0 Å². The molecule has 0 saturated carbocycles. The Bertz CT molecular complexity index is 466. The van der Waals surface area contributed by atoms with Crippen LogP contribution in [0.15, 0.2) is 30.3 Å². The zero-order valence-corrected chi connectivity index (χ0v) is 7.67. The number of benzene rings is 1. The van der Waals surface area contributed by atoms with Gasteiger partial charge in [0.2, 0.25) is 0 Å². The summed E-state index contributed by atoms with van der Waals surface area (Å²) < 4.78 is 24.8. The molecule has 2 rings (SSSR count). The second-order valence-electron chi connectivity index (χ2n) is 3.18. The topological polar surface area (TPSA) is 12.9 Å². The van der Waals surface area contributed by atoms with Gasteiger partial charge in [0.1, 0.15) is 5.69 Å². The van der Waals surface area contributed by atoms with E-state index < -0.39 is 6.43 Å². The second-order valence-corrected chi connectivity index (χ2v) is 3.18. The third-order valence-corrected chi connectivity index (χ3v) is 2.17. The summed E-state index contributed by atoms with van der Waals surface area (Å²) in [4.78, 5) is 3.89. The number of hydrogen-bond acceptors (Lipinski definition) is 1. The number of aryl methyl sites for hydroxylation is 1. The van der Waals surface area contributed by atoms with E-state index in [1.165, 1.54) is 6.07 Å². The third-order valence-electron chi connectivity index (χ3n) is 2.17. The lowest BCUT2D eigenvalue weighted by Gasteiger charge is -2.04. The van der Waals surface area contributed by atoms with Gasteiger partial charge >= 0.3 is 0 Å². The fourth-order valence-corrected chi connectivity index (χ4v) is 1.49. The molecule has 2 aromatic rings. The molecular formula is C11H9F2N. The van der Waals surface area contributed by atoms with Crippen LogP contribution in [0.25, 0.3) is 10.9 Å². The molecule has 0 unspecified atom stereocenters. The number of fused-ring (bicyclic) bond motifs is 1. The number of nitrogens with zero attached hydrogens (tertiary/aromatic N) is 1. The molecule has 1 nitrogen and oxygen atoms in total. The molecule has 0 aliphatic carbocycles. The van der Waals surface area contributed by atoms with Gasteiger partial charge < -0.3 is 0 Å². The smallest absolute Gasteiger partial charge is 0.247 e. The molecular weight excluding hydrogens is 184 g/mol. The average molecular weight is 193 g/mol. The summed E-state index contributed by atoms with van der Waals surface area (Å²) in [6.45, 7) is 1.82. The van der Waals surface area contributed by atoms with Gasteiger partial charge in [-0.1, -0.05) is 18.2 Å². The summed E-state index contributed by atoms with van der Waals surface area (Å²) >= 11 is 0. The number of aromatic nitrogens is 1. The minimum absolute atomic E-state index is 0.152. The Labute approximate surface area is 80.4 Å². The van der Waals surface area contributed by atoms with Gasteiger partial charge in [0, 0.05) is 5.39 Å². The van der Waals surface area contributed by atoms with Gasteiger partial charge in [-0.05, 0) is 24.6 Å². The minimum atomic E-state index is -2.50. The second kappa shape index (κ2) is 3.33. The standard InChI is InChI=1S/C11H9F2N/c1-7-6-10(11(12)13)14-9-5-3-2-4-8(7)9/h2-6,11H,1H3. The van der Waals surface area contributed by atoms with E-state index in [-0.39, 0.29) is 5.69 Å². The molecule has 14 heavy (non-hydrogen) atoms. The normalized spacial score (nSPS) is 11.1. The molecule has 0 spiro atoms. The van der Waals surface area contributed by atoms with Gasteiger partial charge in [-0.2, -0.15) is 0 Å². The number of pyridine rings is 1. The molecule has 0 aliphatic rings. The van der Waals surface area contributed by atoms with E-state index in [1.807, 2.05) is 19.1 Å². The third kappa shape index (κ3) is 1.45. The molecule has 0 amide bonds. The Hall–Kier alpha value is -1.51. The quantitative estimate of drug-likeness (QED) is 0.675. The van der Waals surface area contributed by atoms with Crippen molar-refractivity contribution in [3.63, 3.8) is 0 Å². The van der Waals surface area contributed by atoms with E-state index in [0.717, 1.165) is 10.9 Å². The molecule has 1 aromatic heterocycles. The van der Waals surface area contributed by atoms with E-state index in [2.05, 4.69) is 4.98 Å². The molecule has 0 radical (unpaired) electrons. The van der Waals surface area contributed by atoms with Crippen LogP contribution in [0.5, 0.6) is 0 Å². The number of halogens is 2. The molecule has 1 heterocycles. The molecule has 72 valence electrons. The van der Waals surface area contributed by atoms with Crippen LogP contribution < -0.4 is 0 Å². The van der Waals surface area contributed by atoms with Crippen molar-refractivity contribution in [3.05, 3.63) is 41.6 Å². The van der Waals surface area contributed by atoms with Crippen molar-refractivity contribution in [1.82, 2.24) is 4.98 Å². The lowest BCUT2D eigenvalue weighted by molar-refractivity contribution is 0.146. The first kappa shape index (κ1) is 9.06. The summed E-state index contributed by atoms with van der Waals surface area (Å²) in [7, 11) is 0. The van der Waals surface area contributed by atoms with E-state index in [4.69, 9.17) is 0 Å². The van der Waals surface area contributed by atoms with Crippen LogP contribution in [0.3, 0.4) is 0 Å². The maximum Gasteiger partial charge on any atom is 0.280 e. The van der Waals surface area contributed by atoms with Crippen LogP contribution in [0, 0.1) is 6.92 Å². The fourth-order valence-electron chi connectivity index (χ4n) is 1.49. The monoisotopic (exact) mass is 193 g/mol. The van der Waals surface area contributed by atoms with Crippen molar-refractivity contribution in [3.8, 4) is 0 Å². The Kier molecular flexibility index (Phi) is 2.15. The maximum absolute atomic E-state index is 12.4. The van der Waals surface area contributed by atoms with Crippen molar-refractivity contribution in [1.29, 1.82) is 0 Å². The molecule has 3 heteroatoms. The number of rotatable bonds is 1. The van der Waals surface area contributed by atoms with Crippen LogP contribution in [0.4, 0.5) is 8.78 Å². The fraction of sp³-hybridized carbons (Fsp3) is 0.182. The van der Waals surface area contributed by atoms with Crippen molar-refractivity contribution < 1.29 is 8.78 Å². The summed E-state index contributed by atoms with van der Waals surface area (Å²) in [6.07, 6.45) is -2.50. The Morgan fingerprint density at radius 2 is 1.93 bits per heavy atom. The Balaban J connectivity index is 2.72. The lowest BCUT2D eigenvalue weighted by atomic mass is 10.1. The molecule has 0 fully saturated rings. The van der Waals surface area contributed by atoms with Crippen molar-refractivity contribution in [2.75, 3.05) is 0 Å². The largest absolute Gasteiger partial charge is 0.280 e. The predicted molar refractivity (Wildman–Crippen MR) is 51.4 cm³/mol. The minimum Gasteiger partial charge on any atom is -0.247 e. The van der Waals surface area contributed by atoms with Crippen LogP contribution in [0.2, 0.25) is 0 Å². The van der Waals surface area contributed by atoms with Crippen molar-refractivity contribution in [2.45, 2.75) is 13.3 Å². The first-order chi connectivity index (χ1) is 6.68. The van der Waals surface area contributed by atoms with Crippen molar-refractivity contribution in [2.24, 2.45) is 0 Å². The summed E-state index contributed by atoms with van der Waals surface area (Å²) in [6, 6.07) is 8.73. The van der Waals surface area contributed by atoms with E-state index >= 15 is 0 Å². The van der Waals surface area contributed by atoms with E-state index in [0.29, 0.717) is 5.52 Å². The van der Waals surface area contributed by atoms with Crippen LogP contribution in [0.1, 0.15) is 17.7 Å². The highest BCUT2D eigenvalue weighted by Gasteiger charge is 2.10. The average Bonchev–Trinajstić information content (AvgIpc) is 2.17. The molecule has 0 saturated heterocycles. The lowest BCUT2D eigenvalue weighted by Crippen LogP contribution is -1.92. The van der Waals surface area contributed by atoms with Gasteiger partial charge in [0.05, 0.1) is 5.52 Å². The van der Waals surface area contributed by atoms with Gasteiger partial charge in [-0.3, -0.25) is 0 Å². The molecule has 1 aromatic carbocycles. The van der Waals surface area contributed by atoms with E-state index in [1.54, 1.807) is 12.1 Å². The highest BCUT2D eigenvalue weighted by molar-refractivity contribution is 5.82.